The highest BCUT2D eigenvalue weighted by Gasteiger charge is 2.43. The molecule has 1 aromatic carbocycles. The molecule has 1 aliphatic rings. The number of carboxylic acid groups (broad SMARTS) is 1. The quantitative estimate of drug-likeness (QED) is 0.736. The molecule has 0 saturated carbocycles. The smallest absolute Gasteiger partial charge is 0.322 e. The van der Waals surface area contributed by atoms with Gasteiger partial charge in [-0.1, -0.05) is 30.3 Å². The van der Waals surface area contributed by atoms with Crippen molar-refractivity contribution in [3.63, 3.8) is 0 Å². The van der Waals surface area contributed by atoms with Crippen LogP contribution in [0.25, 0.3) is 0 Å². The fraction of sp³-hybridized carbons (Fsp3) is 0.364. The van der Waals surface area contributed by atoms with Crippen molar-refractivity contribution >= 4 is 5.97 Å². The zero-order valence-corrected chi connectivity index (χ0v) is 8.05. The highest BCUT2D eigenvalue weighted by atomic mass is 16.4. The van der Waals surface area contributed by atoms with Crippen molar-refractivity contribution in [2.75, 3.05) is 6.54 Å². The maximum Gasteiger partial charge on any atom is 0.322 e. The molecule has 74 valence electrons. The summed E-state index contributed by atoms with van der Waals surface area (Å²) in [6.07, 6.45) is 0. The van der Waals surface area contributed by atoms with Crippen LogP contribution >= 0.6 is 0 Å². The number of carboxylic acids is 1. The van der Waals surface area contributed by atoms with E-state index in [2.05, 4.69) is 0 Å². The van der Waals surface area contributed by atoms with Crippen LogP contribution < -0.4 is 0 Å². The van der Waals surface area contributed by atoms with Crippen LogP contribution in [0.2, 0.25) is 0 Å². The summed E-state index contributed by atoms with van der Waals surface area (Å²) >= 11 is 0. The van der Waals surface area contributed by atoms with Crippen LogP contribution in [0, 0.1) is 0 Å². The number of carbonyl (C=O) groups is 1. The Hall–Kier alpha value is -1.35. The molecule has 1 fully saturated rings. The molecule has 1 saturated heterocycles. The molecule has 14 heavy (non-hydrogen) atoms. The first-order valence-electron chi connectivity index (χ1n) is 4.73. The Morgan fingerprint density at radius 1 is 1.50 bits per heavy atom. The largest absolute Gasteiger partial charge is 0.480 e. The van der Waals surface area contributed by atoms with E-state index in [1.165, 1.54) is 5.56 Å². The number of rotatable bonds is 3. The lowest BCUT2D eigenvalue weighted by Gasteiger charge is -2.12. The fourth-order valence-corrected chi connectivity index (χ4v) is 1.72. The Morgan fingerprint density at radius 2 is 2.14 bits per heavy atom. The highest BCUT2D eigenvalue weighted by Crippen LogP contribution is 2.31. The van der Waals surface area contributed by atoms with Crippen LogP contribution in [0.5, 0.6) is 0 Å². The summed E-state index contributed by atoms with van der Waals surface area (Å²) in [5, 5.41) is 8.78. The zero-order chi connectivity index (χ0) is 10.1. The Kier molecular flexibility index (Phi) is 2.25. The molecule has 1 N–H and O–H groups in total. The lowest BCUT2D eigenvalue weighted by Crippen LogP contribution is -2.14. The first-order chi connectivity index (χ1) is 6.70. The van der Waals surface area contributed by atoms with E-state index in [-0.39, 0.29) is 12.1 Å². The van der Waals surface area contributed by atoms with Gasteiger partial charge in [-0.2, -0.15) is 0 Å². The second-order valence-electron chi connectivity index (χ2n) is 3.64. The van der Waals surface area contributed by atoms with Gasteiger partial charge in [0.15, 0.2) is 0 Å². The third kappa shape index (κ3) is 1.63. The van der Waals surface area contributed by atoms with Gasteiger partial charge in [-0.25, -0.2) is 0 Å². The van der Waals surface area contributed by atoms with Gasteiger partial charge in [0.1, 0.15) is 6.04 Å². The molecule has 0 aromatic heterocycles. The fourth-order valence-electron chi connectivity index (χ4n) is 1.72. The molecule has 0 spiro atoms. The standard InChI is InChI=1S/C11H13NO2/c1-8(9-5-3-2-4-6-9)12-7-10(12)11(13)14/h2-6,8,10H,7H2,1H3,(H,13,14)/t8-,10-,12?/m1/s1. The van der Waals surface area contributed by atoms with E-state index in [1.807, 2.05) is 42.2 Å². The molecule has 3 heteroatoms. The van der Waals surface area contributed by atoms with Crippen molar-refractivity contribution in [1.82, 2.24) is 4.90 Å². The van der Waals surface area contributed by atoms with Crippen LogP contribution in [0.1, 0.15) is 18.5 Å². The van der Waals surface area contributed by atoms with Gasteiger partial charge in [0.25, 0.3) is 0 Å². The van der Waals surface area contributed by atoms with Gasteiger partial charge in [-0.15, -0.1) is 0 Å². The molecule has 0 aliphatic carbocycles. The van der Waals surface area contributed by atoms with Gasteiger partial charge < -0.3 is 5.11 Å². The predicted octanol–water partition coefficient (Wildman–Crippen LogP) is 1.52. The average molecular weight is 191 g/mol. The van der Waals surface area contributed by atoms with Gasteiger partial charge in [0, 0.05) is 12.6 Å². The van der Waals surface area contributed by atoms with Gasteiger partial charge in [-0.05, 0) is 12.5 Å². The summed E-state index contributed by atoms with van der Waals surface area (Å²) in [5.74, 6) is -0.715. The minimum Gasteiger partial charge on any atom is -0.480 e. The number of hydrogen-bond acceptors (Lipinski definition) is 2. The lowest BCUT2D eigenvalue weighted by atomic mass is 10.1. The van der Waals surface area contributed by atoms with Crippen LogP contribution in [0.4, 0.5) is 0 Å². The molecule has 1 aromatic rings. The van der Waals surface area contributed by atoms with E-state index >= 15 is 0 Å². The minimum absolute atomic E-state index is 0.206. The van der Waals surface area contributed by atoms with E-state index in [4.69, 9.17) is 5.11 Å². The first-order valence-corrected chi connectivity index (χ1v) is 4.73. The van der Waals surface area contributed by atoms with Crippen molar-refractivity contribution in [2.45, 2.75) is 19.0 Å². The molecule has 0 radical (unpaired) electrons. The maximum absolute atomic E-state index is 10.7. The van der Waals surface area contributed by atoms with Crippen molar-refractivity contribution in [3.8, 4) is 0 Å². The monoisotopic (exact) mass is 191 g/mol. The first kappa shape index (κ1) is 9.21. The lowest BCUT2D eigenvalue weighted by molar-refractivity contribution is -0.137. The molecule has 0 bridgehead atoms. The Labute approximate surface area is 83.0 Å². The van der Waals surface area contributed by atoms with Crippen LogP contribution in [-0.2, 0) is 4.79 Å². The van der Waals surface area contributed by atoms with Crippen molar-refractivity contribution < 1.29 is 9.90 Å². The van der Waals surface area contributed by atoms with Crippen molar-refractivity contribution in [3.05, 3.63) is 35.9 Å². The SMILES string of the molecule is C[C@H](c1ccccc1)N1C[C@@H]1C(=O)O. The number of hydrogen-bond donors (Lipinski definition) is 1. The zero-order valence-electron chi connectivity index (χ0n) is 8.05. The Balaban J connectivity index is 2.05. The summed E-state index contributed by atoms with van der Waals surface area (Å²) in [7, 11) is 0. The summed E-state index contributed by atoms with van der Waals surface area (Å²) in [4.78, 5) is 12.6. The normalized spacial score (nSPS) is 26.9. The molecule has 3 nitrogen and oxygen atoms in total. The van der Waals surface area contributed by atoms with Gasteiger partial charge in [0.05, 0.1) is 0 Å². The molecular weight excluding hydrogens is 178 g/mol. The Bertz CT molecular complexity index is 336. The van der Waals surface area contributed by atoms with Crippen LogP contribution in [-0.4, -0.2) is 28.6 Å². The molecule has 1 heterocycles. The summed E-state index contributed by atoms with van der Waals surface area (Å²) in [6.45, 7) is 2.71. The molecule has 1 aliphatic heterocycles. The topological polar surface area (TPSA) is 40.3 Å². The van der Waals surface area contributed by atoms with Crippen LogP contribution in [0.3, 0.4) is 0 Å². The second kappa shape index (κ2) is 3.42. The third-order valence-corrected chi connectivity index (χ3v) is 2.72. The minimum atomic E-state index is -0.715. The summed E-state index contributed by atoms with van der Waals surface area (Å²) in [6, 6.07) is 9.91. The van der Waals surface area contributed by atoms with E-state index in [0.717, 1.165) is 0 Å². The third-order valence-electron chi connectivity index (χ3n) is 2.72. The Morgan fingerprint density at radius 3 is 2.64 bits per heavy atom. The van der Waals surface area contributed by atoms with Crippen molar-refractivity contribution in [1.29, 1.82) is 0 Å². The van der Waals surface area contributed by atoms with E-state index in [1.54, 1.807) is 0 Å². The second-order valence-corrected chi connectivity index (χ2v) is 3.64. The molecule has 1 unspecified atom stereocenters. The summed E-state index contributed by atoms with van der Waals surface area (Å²) < 4.78 is 0. The van der Waals surface area contributed by atoms with E-state index in [0.29, 0.717) is 6.54 Å². The van der Waals surface area contributed by atoms with Crippen LogP contribution in [0.15, 0.2) is 30.3 Å². The average Bonchev–Trinajstić information content (AvgIpc) is 2.97. The molecule has 2 rings (SSSR count). The molecular formula is C11H13NO2. The van der Waals surface area contributed by atoms with E-state index in [9.17, 15) is 4.79 Å². The number of aliphatic carboxylic acids is 1. The van der Waals surface area contributed by atoms with Gasteiger partial charge >= 0.3 is 5.97 Å². The van der Waals surface area contributed by atoms with Gasteiger partial charge in [0.2, 0.25) is 0 Å². The number of nitrogens with zero attached hydrogens (tertiary/aromatic N) is 1. The van der Waals surface area contributed by atoms with Gasteiger partial charge in [-0.3, -0.25) is 9.69 Å². The van der Waals surface area contributed by atoms with Crippen molar-refractivity contribution in [2.24, 2.45) is 0 Å². The summed E-state index contributed by atoms with van der Waals surface area (Å²) in [5.41, 5.74) is 1.18. The molecule has 0 amide bonds. The number of benzene rings is 1. The van der Waals surface area contributed by atoms with E-state index < -0.39 is 5.97 Å². The predicted molar refractivity (Wildman–Crippen MR) is 53.0 cm³/mol. The maximum atomic E-state index is 10.7. The molecule has 3 atom stereocenters. The highest BCUT2D eigenvalue weighted by molar-refractivity contribution is 5.77.